The Morgan fingerprint density at radius 3 is 0.870 bits per heavy atom. The molecule has 77 heavy (non-hydrogen) atoms. The molecule has 0 saturated heterocycles. The van der Waals surface area contributed by atoms with Gasteiger partial charge in [-0.15, -0.1) is 0 Å². The summed E-state index contributed by atoms with van der Waals surface area (Å²) in [6.45, 7) is 6.51. The molecule has 0 fully saturated rings. The van der Waals surface area contributed by atoms with E-state index in [9.17, 15) is 14.4 Å². The van der Waals surface area contributed by atoms with E-state index in [4.69, 9.17) is 14.2 Å². The van der Waals surface area contributed by atoms with Gasteiger partial charge >= 0.3 is 17.9 Å². The minimum atomic E-state index is -0.800. The number of esters is 3. The Kier molecular flexibility index (Phi) is 63.2. The van der Waals surface area contributed by atoms with Gasteiger partial charge in [-0.05, 0) is 70.6 Å². The Bertz CT molecular complexity index is 1380. The quantitative estimate of drug-likeness (QED) is 0.0261. The van der Waals surface area contributed by atoms with E-state index in [1.165, 1.54) is 244 Å². The van der Waals surface area contributed by atoms with Gasteiger partial charge in [-0.3, -0.25) is 14.4 Å². The second-order valence-electron chi connectivity index (χ2n) is 22.7. The number of allylic oxidation sites excluding steroid dienone is 10. The molecular formula is C71H128O6. The fraction of sp³-hybridized carbons (Fsp3) is 0.817. The SMILES string of the molecule is CC/C=C\C/C=C\C/C=C\C/C=C\CCC(=O)OCC(COC(=O)CCCCCCCCCCCCCCCCCCCCC/C=C\CCCCCCCCCC)OC(=O)CCCCCCCCCCCCCCCCC. The summed E-state index contributed by atoms with van der Waals surface area (Å²) < 4.78 is 16.9. The van der Waals surface area contributed by atoms with Gasteiger partial charge in [0.25, 0.3) is 0 Å². The highest BCUT2D eigenvalue weighted by Crippen LogP contribution is 2.18. The lowest BCUT2D eigenvalue weighted by atomic mass is 10.0. The van der Waals surface area contributed by atoms with Crippen molar-refractivity contribution >= 4 is 17.9 Å². The molecule has 1 unspecified atom stereocenters. The number of ether oxygens (including phenoxy) is 3. The first-order chi connectivity index (χ1) is 38.0. The second kappa shape index (κ2) is 65.6. The van der Waals surface area contributed by atoms with E-state index >= 15 is 0 Å². The van der Waals surface area contributed by atoms with E-state index in [2.05, 4.69) is 75.5 Å². The van der Waals surface area contributed by atoms with Crippen LogP contribution in [0.1, 0.15) is 355 Å². The van der Waals surface area contributed by atoms with E-state index in [0.29, 0.717) is 19.3 Å². The van der Waals surface area contributed by atoms with Crippen LogP contribution in [0.25, 0.3) is 0 Å². The summed E-state index contributed by atoms with van der Waals surface area (Å²) >= 11 is 0. The first-order valence-electron chi connectivity index (χ1n) is 33.8. The topological polar surface area (TPSA) is 78.9 Å². The zero-order valence-electron chi connectivity index (χ0n) is 51.5. The molecule has 0 aromatic rings. The van der Waals surface area contributed by atoms with Crippen LogP contribution >= 0.6 is 0 Å². The Balaban J connectivity index is 4.15. The predicted molar refractivity (Wildman–Crippen MR) is 335 cm³/mol. The fourth-order valence-corrected chi connectivity index (χ4v) is 9.99. The lowest BCUT2D eigenvalue weighted by molar-refractivity contribution is -0.166. The Labute approximate surface area is 479 Å². The van der Waals surface area contributed by atoms with E-state index < -0.39 is 6.10 Å². The van der Waals surface area contributed by atoms with Crippen molar-refractivity contribution in [1.82, 2.24) is 0 Å². The van der Waals surface area contributed by atoms with Crippen molar-refractivity contribution in [2.24, 2.45) is 0 Å². The molecule has 1 atom stereocenters. The number of unbranched alkanes of at least 4 members (excludes halogenated alkanes) is 41. The average Bonchev–Trinajstić information content (AvgIpc) is 3.43. The summed E-state index contributed by atoms with van der Waals surface area (Å²) in [4.78, 5) is 38.2. The largest absolute Gasteiger partial charge is 0.462 e. The summed E-state index contributed by atoms with van der Waals surface area (Å²) in [5, 5.41) is 0. The Hall–Kier alpha value is -2.89. The van der Waals surface area contributed by atoms with Gasteiger partial charge in [-0.25, -0.2) is 0 Å². The minimum absolute atomic E-state index is 0.0916. The number of carbonyl (C=O) groups excluding carboxylic acids is 3. The monoisotopic (exact) mass is 1080 g/mol. The molecule has 0 bridgehead atoms. The zero-order chi connectivity index (χ0) is 55.7. The van der Waals surface area contributed by atoms with Crippen molar-refractivity contribution < 1.29 is 28.6 Å². The molecule has 0 aromatic heterocycles. The van der Waals surface area contributed by atoms with Gasteiger partial charge in [0.15, 0.2) is 6.10 Å². The molecule has 0 heterocycles. The lowest BCUT2D eigenvalue weighted by Gasteiger charge is -2.18. The summed E-state index contributed by atoms with van der Waals surface area (Å²) in [6.07, 6.45) is 84.2. The van der Waals surface area contributed by atoms with Crippen LogP contribution in [0.4, 0.5) is 0 Å². The molecule has 0 amide bonds. The molecule has 0 radical (unpaired) electrons. The van der Waals surface area contributed by atoms with E-state index in [1.54, 1.807) is 0 Å². The molecule has 0 aliphatic rings. The van der Waals surface area contributed by atoms with Gasteiger partial charge in [0.1, 0.15) is 13.2 Å². The third-order valence-corrected chi connectivity index (χ3v) is 15.0. The maximum absolute atomic E-state index is 12.9. The van der Waals surface area contributed by atoms with Crippen LogP contribution in [0.3, 0.4) is 0 Å². The normalized spacial score (nSPS) is 12.4. The van der Waals surface area contributed by atoms with Gasteiger partial charge in [0.2, 0.25) is 0 Å². The van der Waals surface area contributed by atoms with Gasteiger partial charge < -0.3 is 14.2 Å². The first kappa shape index (κ1) is 74.1. The number of rotatable bonds is 62. The molecule has 0 spiro atoms. The van der Waals surface area contributed by atoms with Crippen molar-refractivity contribution in [3.8, 4) is 0 Å². The van der Waals surface area contributed by atoms with Crippen LogP contribution in [-0.2, 0) is 28.6 Å². The highest BCUT2D eigenvalue weighted by molar-refractivity contribution is 5.71. The van der Waals surface area contributed by atoms with Crippen molar-refractivity contribution in [3.63, 3.8) is 0 Å². The van der Waals surface area contributed by atoms with Crippen LogP contribution < -0.4 is 0 Å². The highest BCUT2D eigenvalue weighted by atomic mass is 16.6. The molecule has 6 heteroatoms. The average molecular weight is 1080 g/mol. The summed E-state index contributed by atoms with van der Waals surface area (Å²) in [5.41, 5.74) is 0. The molecule has 0 saturated carbocycles. The van der Waals surface area contributed by atoms with Crippen LogP contribution in [0.5, 0.6) is 0 Å². The Morgan fingerprint density at radius 2 is 0.532 bits per heavy atom. The molecular weight excluding hydrogens is 949 g/mol. The van der Waals surface area contributed by atoms with Gasteiger partial charge in [0.05, 0.1) is 0 Å². The lowest BCUT2D eigenvalue weighted by Crippen LogP contribution is -2.30. The molecule has 0 aliphatic heterocycles. The van der Waals surface area contributed by atoms with E-state index in [1.807, 2.05) is 6.08 Å². The van der Waals surface area contributed by atoms with Gasteiger partial charge in [-0.2, -0.15) is 0 Å². The van der Waals surface area contributed by atoms with Crippen molar-refractivity contribution in [2.75, 3.05) is 13.2 Å². The molecule has 0 aliphatic carbocycles. The molecule has 0 rings (SSSR count). The zero-order valence-corrected chi connectivity index (χ0v) is 51.5. The second-order valence-corrected chi connectivity index (χ2v) is 22.7. The number of hydrogen-bond acceptors (Lipinski definition) is 6. The molecule has 0 N–H and O–H groups in total. The summed E-state index contributed by atoms with van der Waals surface area (Å²) in [7, 11) is 0. The van der Waals surface area contributed by atoms with Crippen LogP contribution in [0.15, 0.2) is 60.8 Å². The molecule has 448 valence electrons. The van der Waals surface area contributed by atoms with E-state index in [0.717, 1.165) is 64.2 Å². The third-order valence-electron chi connectivity index (χ3n) is 15.0. The number of carbonyl (C=O) groups is 3. The third kappa shape index (κ3) is 63.8. The van der Waals surface area contributed by atoms with Gasteiger partial charge in [-0.1, -0.05) is 326 Å². The van der Waals surface area contributed by atoms with Crippen molar-refractivity contribution in [1.29, 1.82) is 0 Å². The minimum Gasteiger partial charge on any atom is -0.462 e. The standard InChI is InChI=1S/C71H128O6/c1-4-7-10-13-16-19-22-25-27-28-29-30-31-32-33-34-35-36-37-38-39-40-41-42-44-46-49-52-55-58-61-64-70(73)76-67-68(66-75-69(72)63-60-57-54-51-48-45-24-21-18-15-12-9-6-3)77-71(74)65-62-59-56-53-50-47-43-26-23-20-17-14-11-8-5-2/h9,12,18,21,28-29,45,48,54,57,68H,4-8,10-11,13-17,19-20,22-27,30-44,46-47,49-53,55-56,58-67H2,1-3H3/b12-9-,21-18-,29-28-,48-45-,57-54-. The first-order valence-corrected chi connectivity index (χ1v) is 33.8. The van der Waals surface area contributed by atoms with Crippen LogP contribution in [-0.4, -0.2) is 37.2 Å². The van der Waals surface area contributed by atoms with Gasteiger partial charge in [0, 0.05) is 19.3 Å². The predicted octanol–water partition coefficient (Wildman–Crippen LogP) is 23.1. The molecule has 6 nitrogen and oxygen atoms in total. The maximum Gasteiger partial charge on any atom is 0.306 e. The summed E-state index contributed by atoms with van der Waals surface area (Å²) in [6, 6.07) is 0. The van der Waals surface area contributed by atoms with Crippen LogP contribution in [0.2, 0.25) is 0 Å². The summed E-state index contributed by atoms with van der Waals surface area (Å²) in [5.74, 6) is -0.957. The number of hydrogen-bond donors (Lipinski definition) is 0. The van der Waals surface area contributed by atoms with Crippen molar-refractivity contribution in [2.45, 2.75) is 361 Å². The van der Waals surface area contributed by atoms with Crippen LogP contribution in [0, 0.1) is 0 Å². The highest BCUT2D eigenvalue weighted by Gasteiger charge is 2.19. The van der Waals surface area contributed by atoms with E-state index in [-0.39, 0.29) is 37.5 Å². The maximum atomic E-state index is 12.9. The Morgan fingerprint density at radius 1 is 0.273 bits per heavy atom. The smallest absolute Gasteiger partial charge is 0.306 e. The molecule has 0 aromatic carbocycles. The van der Waals surface area contributed by atoms with Crippen molar-refractivity contribution in [3.05, 3.63) is 60.8 Å². The fourth-order valence-electron chi connectivity index (χ4n) is 9.99.